The number of hydrogen-bond donors (Lipinski definition) is 2. The Labute approximate surface area is 110 Å². The van der Waals surface area contributed by atoms with Crippen LogP contribution in [0.2, 0.25) is 0 Å². The molecule has 0 atom stereocenters. The van der Waals surface area contributed by atoms with Crippen LogP contribution in [0.1, 0.15) is 0 Å². The second-order valence-corrected chi connectivity index (χ2v) is 4.43. The average molecular weight is 263 g/mol. The first-order valence-electron chi connectivity index (χ1n) is 5.76. The molecule has 3 N–H and O–H groups in total. The van der Waals surface area contributed by atoms with Crippen LogP contribution < -0.4 is 16.0 Å². The number of rotatable bonds is 3. The molecule has 2 aromatic carbocycles. The lowest BCUT2D eigenvalue weighted by molar-refractivity contribution is 0.592. The summed E-state index contributed by atoms with van der Waals surface area (Å²) in [6, 6.07) is 9.39. The number of hydrogen-bond acceptors (Lipinski definition) is 3. The van der Waals surface area contributed by atoms with Crippen molar-refractivity contribution in [3.05, 3.63) is 48.0 Å². The number of nitrogens with one attached hydrogen (secondary N) is 1. The van der Waals surface area contributed by atoms with E-state index in [9.17, 15) is 8.78 Å². The summed E-state index contributed by atoms with van der Waals surface area (Å²) < 4.78 is 27.2. The fraction of sp³-hybridized carbons (Fsp3) is 0.143. The number of nitrogen functional groups attached to an aromatic ring is 1. The van der Waals surface area contributed by atoms with E-state index < -0.39 is 11.6 Å². The quantitative estimate of drug-likeness (QED) is 0.834. The molecule has 0 aromatic heterocycles. The fourth-order valence-corrected chi connectivity index (χ4v) is 1.70. The summed E-state index contributed by atoms with van der Waals surface area (Å²) in [5, 5.41) is 2.71. The molecule has 3 nitrogen and oxygen atoms in total. The molecule has 19 heavy (non-hydrogen) atoms. The zero-order chi connectivity index (χ0) is 14.0. The van der Waals surface area contributed by atoms with E-state index in [0.29, 0.717) is 5.69 Å². The van der Waals surface area contributed by atoms with Crippen molar-refractivity contribution >= 4 is 22.7 Å². The molecule has 0 amide bonds. The number of benzene rings is 2. The van der Waals surface area contributed by atoms with Crippen LogP contribution in [0.15, 0.2) is 36.4 Å². The molecule has 0 bridgehead atoms. The molecule has 2 rings (SSSR count). The largest absolute Gasteiger partial charge is 0.399 e. The average Bonchev–Trinajstić information content (AvgIpc) is 2.34. The van der Waals surface area contributed by atoms with Crippen LogP contribution in [0, 0.1) is 11.6 Å². The summed E-state index contributed by atoms with van der Waals surface area (Å²) in [6.45, 7) is 0. The van der Waals surface area contributed by atoms with E-state index in [1.54, 1.807) is 12.1 Å². The Balaban J connectivity index is 2.26. The SMILES string of the molecule is CN(C)c1ccc(Nc2c(F)cc(N)cc2F)cc1. The first kappa shape index (κ1) is 13.1. The van der Waals surface area contributed by atoms with Crippen LogP contribution in [0.3, 0.4) is 0 Å². The molecule has 2 aromatic rings. The third-order valence-electron chi connectivity index (χ3n) is 2.72. The minimum absolute atomic E-state index is 0.0588. The van der Waals surface area contributed by atoms with Gasteiger partial charge < -0.3 is 16.0 Å². The molecule has 0 aliphatic heterocycles. The van der Waals surface area contributed by atoms with Crippen LogP contribution in [0.4, 0.5) is 31.5 Å². The zero-order valence-electron chi connectivity index (χ0n) is 10.7. The second-order valence-electron chi connectivity index (χ2n) is 4.43. The topological polar surface area (TPSA) is 41.3 Å². The van der Waals surface area contributed by atoms with Gasteiger partial charge in [0.2, 0.25) is 0 Å². The van der Waals surface area contributed by atoms with Gasteiger partial charge in [-0.2, -0.15) is 0 Å². The van der Waals surface area contributed by atoms with Crippen LogP contribution in [0.25, 0.3) is 0 Å². The van der Waals surface area contributed by atoms with Crippen molar-refractivity contribution in [3.8, 4) is 0 Å². The molecule has 0 fully saturated rings. The highest BCUT2D eigenvalue weighted by atomic mass is 19.1. The summed E-state index contributed by atoms with van der Waals surface area (Å²) in [7, 11) is 3.84. The lowest BCUT2D eigenvalue weighted by atomic mass is 10.2. The van der Waals surface area contributed by atoms with Crippen LogP contribution >= 0.6 is 0 Å². The van der Waals surface area contributed by atoms with E-state index >= 15 is 0 Å². The standard InChI is InChI=1S/C14H15F2N3/c1-19(2)11-5-3-10(4-6-11)18-14-12(15)7-9(17)8-13(14)16/h3-8,18H,17H2,1-2H3. The first-order chi connectivity index (χ1) is 8.97. The van der Waals surface area contributed by atoms with E-state index in [0.717, 1.165) is 17.8 Å². The summed E-state index contributed by atoms with van der Waals surface area (Å²) in [5.41, 5.74) is 6.83. The van der Waals surface area contributed by atoms with Gasteiger partial charge in [-0.05, 0) is 36.4 Å². The van der Waals surface area contributed by atoms with Gasteiger partial charge in [0.05, 0.1) is 0 Å². The van der Waals surface area contributed by atoms with Gasteiger partial charge in [-0.3, -0.25) is 0 Å². The Morgan fingerprint density at radius 2 is 1.53 bits per heavy atom. The van der Waals surface area contributed by atoms with Crippen molar-refractivity contribution in [1.29, 1.82) is 0 Å². The minimum Gasteiger partial charge on any atom is -0.399 e. The van der Waals surface area contributed by atoms with Gasteiger partial charge >= 0.3 is 0 Å². The van der Waals surface area contributed by atoms with Gasteiger partial charge in [0.25, 0.3) is 0 Å². The van der Waals surface area contributed by atoms with Crippen molar-refractivity contribution in [2.24, 2.45) is 0 Å². The Morgan fingerprint density at radius 3 is 2.00 bits per heavy atom. The van der Waals surface area contributed by atoms with Gasteiger partial charge in [-0.15, -0.1) is 0 Å². The maximum atomic E-state index is 13.6. The van der Waals surface area contributed by atoms with E-state index in [1.807, 2.05) is 31.1 Å². The van der Waals surface area contributed by atoms with E-state index in [2.05, 4.69) is 5.32 Å². The maximum absolute atomic E-state index is 13.6. The molecule has 0 saturated carbocycles. The predicted molar refractivity (Wildman–Crippen MR) is 74.8 cm³/mol. The molecule has 5 heteroatoms. The fourth-order valence-electron chi connectivity index (χ4n) is 1.70. The van der Waals surface area contributed by atoms with Gasteiger partial charge in [0.15, 0.2) is 11.6 Å². The number of nitrogens with zero attached hydrogens (tertiary/aromatic N) is 1. The van der Waals surface area contributed by atoms with Crippen molar-refractivity contribution in [2.45, 2.75) is 0 Å². The summed E-state index contributed by atoms with van der Waals surface area (Å²) >= 11 is 0. The number of halogens is 2. The molecule has 100 valence electrons. The summed E-state index contributed by atoms with van der Waals surface area (Å²) in [4.78, 5) is 1.94. The predicted octanol–water partition coefficient (Wildman–Crippen LogP) is 3.36. The minimum atomic E-state index is -0.714. The molecule has 0 unspecified atom stereocenters. The van der Waals surface area contributed by atoms with E-state index in [1.165, 1.54) is 0 Å². The second kappa shape index (κ2) is 5.14. The van der Waals surface area contributed by atoms with Gasteiger partial charge in [-0.25, -0.2) is 8.78 Å². The first-order valence-corrected chi connectivity index (χ1v) is 5.76. The molecular weight excluding hydrogens is 248 g/mol. The van der Waals surface area contributed by atoms with E-state index in [-0.39, 0.29) is 11.4 Å². The molecule has 0 aliphatic rings. The van der Waals surface area contributed by atoms with Gasteiger partial charge in [0, 0.05) is 31.2 Å². The Morgan fingerprint density at radius 1 is 1.00 bits per heavy atom. The smallest absolute Gasteiger partial charge is 0.151 e. The highest BCUT2D eigenvalue weighted by molar-refractivity contribution is 5.65. The third kappa shape index (κ3) is 2.93. The lowest BCUT2D eigenvalue weighted by Crippen LogP contribution is -2.08. The monoisotopic (exact) mass is 263 g/mol. The van der Waals surface area contributed by atoms with E-state index in [4.69, 9.17) is 5.73 Å². The highest BCUT2D eigenvalue weighted by Crippen LogP contribution is 2.26. The van der Waals surface area contributed by atoms with Crippen LogP contribution in [-0.4, -0.2) is 14.1 Å². The Kier molecular flexibility index (Phi) is 3.55. The number of anilines is 4. The van der Waals surface area contributed by atoms with Gasteiger partial charge in [0.1, 0.15) is 5.69 Å². The zero-order valence-corrected chi connectivity index (χ0v) is 10.7. The molecule has 0 radical (unpaired) electrons. The van der Waals surface area contributed by atoms with Crippen LogP contribution in [-0.2, 0) is 0 Å². The normalized spacial score (nSPS) is 10.3. The van der Waals surface area contributed by atoms with Crippen molar-refractivity contribution in [3.63, 3.8) is 0 Å². The molecule has 0 spiro atoms. The van der Waals surface area contributed by atoms with Crippen molar-refractivity contribution < 1.29 is 8.78 Å². The number of nitrogens with two attached hydrogens (primary N) is 1. The molecule has 0 saturated heterocycles. The van der Waals surface area contributed by atoms with Crippen molar-refractivity contribution in [1.82, 2.24) is 0 Å². The molecule has 0 heterocycles. The van der Waals surface area contributed by atoms with Gasteiger partial charge in [-0.1, -0.05) is 0 Å². The van der Waals surface area contributed by atoms with Crippen LogP contribution in [0.5, 0.6) is 0 Å². The van der Waals surface area contributed by atoms with Crippen molar-refractivity contribution in [2.75, 3.05) is 30.0 Å². The third-order valence-corrected chi connectivity index (χ3v) is 2.72. The Hall–Kier alpha value is -2.30. The maximum Gasteiger partial charge on any atom is 0.151 e. The summed E-state index contributed by atoms with van der Waals surface area (Å²) in [6.07, 6.45) is 0. The highest BCUT2D eigenvalue weighted by Gasteiger charge is 2.10. The summed E-state index contributed by atoms with van der Waals surface area (Å²) in [5.74, 6) is -1.43. The lowest BCUT2D eigenvalue weighted by Gasteiger charge is -2.14. The molecular formula is C14H15F2N3. The molecule has 0 aliphatic carbocycles. The Bertz CT molecular complexity index is 557.